The Morgan fingerprint density at radius 3 is 1.37 bits per heavy atom. The average Bonchev–Trinajstić information content (AvgIpc) is 3.14. The van der Waals surface area contributed by atoms with Crippen LogP contribution in [0.5, 0.6) is 11.5 Å². The quantitative estimate of drug-likeness (QED) is 0.123. The Kier molecular flexibility index (Phi) is 12.6. The molecule has 2 aliphatic rings. The number of aromatic hydroxyl groups is 2. The maximum atomic E-state index is 10.3. The molecule has 4 aromatic carbocycles. The molecule has 0 unspecified atom stereocenters. The molecule has 0 heterocycles. The van der Waals surface area contributed by atoms with E-state index in [1.807, 2.05) is 32.1 Å². The van der Waals surface area contributed by atoms with Gasteiger partial charge in [0.25, 0.3) is 0 Å². The van der Waals surface area contributed by atoms with Crippen LogP contribution in [-0.4, -0.2) is 31.6 Å². The molecule has 4 nitrogen and oxygen atoms in total. The zero-order valence-electron chi connectivity index (χ0n) is 33.9. The molecular weight excluding hydrogens is 665 g/mol. The van der Waals surface area contributed by atoms with Crippen molar-refractivity contribution in [1.82, 2.24) is 0 Å². The van der Waals surface area contributed by atoms with Gasteiger partial charge in [0.1, 0.15) is 17.1 Å². The molecule has 0 aromatic heterocycles. The number of phenolic OH excluding ortho intramolecular Hbond substituents is 2. The summed E-state index contributed by atoms with van der Waals surface area (Å²) in [6.07, 6.45) is 13.5. The number of phenols is 2. The zero-order valence-corrected chi connectivity index (χ0v) is 33.9. The molecule has 0 bridgehead atoms. The van der Waals surface area contributed by atoms with Crippen LogP contribution in [0.3, 0.4) is 0 Å². The highest BCUT2D eigenvalue weighted by molar-refractivity contribution is 5.57. The van der Waals surface area contributed by atoms with Gasteiger partial charge in [-0.3, -0.25) is 0 Å². The van der Waals surface area contributed by atoms with Crippen molar-refractivity contribution in [3.63, 3.8) is 0 Å². The van der Waals surface area contributed by atoms with Gasteiger partial charge in [0.05, 0.1) is 5.60 Å². The van der Waals surface area contributed by atoms with Crippen LogP contribution >= 0.6 is 0 Å². The zero-order chi connectivity index (χ0) is 39.3. The van der Waals surface area contributed by atoms with Gasteiger partial charge in [-0.2, -0.15) is 0 Å². The van der Waals surface area contributed by atoms with Crippen molar-refractivity contribution in [1.29, 1.82) is 0 Å². The van der Waals surface area contributed by atoms with Gasteiger partial charge < -0.3 is 20.4 Å². The summed E-state index contributed by atoms with van der Waals surface area (Å²) in [6, 6.07) is 25.2. The van der Waals surface area contributed by atoms with Crippen molar-refractivity contribution < 1.29 is 20.4 Å². The molecular formula is C50H62O4. The highest BCUT2D eigenvalue weighted by Crippen LogP contribution is 2.42. The third-order valence-electron chi connectivity index (χ3n) is 12.9. The van der Waals surface area contributed by atoms with E-state index >= 15 is 0 Å². The third kappa shape index (κ3) is 8.34. The van der Waals surface area contributed by atoms with Gasteiger partial charge in [-0.15, -0.1) is 0 Å². The van der Waals surface area contributed by atoms with Crippen LogP contribution in [0.4, 0.5) is 0 Å². The third-order valence-corrected chi connectivity index (χ3v) is 12.9. The minimum atomic E-state index is -0.773. The number of aryl methyl sites for hydroxylation is 4. The second-order valence-corrected chi connectivity index (χ2v) is 16.1. The van der Waals surface area contributed by atoms with Crippen LogP contribution in [0, 0.1) is 39.5 Å². The molecule has 4 heteroatoms. The molecule has 4 N–H and O–H groups in total. The summed E-state index contributed by atoms with van der Waals surface area (Å²) >= 11 is 0. The predicted octanol–water partition coefficient (Wildman–Crippen LogP) is 11.4. The van der Waals surface area contributed by atoms with Gasteiger partial charge in [-0.25, -0.2) is 0 Å². The number of benzene rings is 4. The molecule has 2 fully saturated rings. The summed E-state index contributed by atoms with van der Waals surface area (Å²) in [5.74, 6) is 6.95. The fourth-order valence-electron chi connectivity index (χ4n) is 8.41. The Morgan fingerprint density at radius 1 is 0.574 bits per heavy atom. The van der Waals surface area contributed by atoms with Crippen LogP contribution in [0.15, 0.2) is 78.9 Å². The molecule has 54 heavy (non-hydrogen) atoms. The van der Waals surface area contributed by atoms with Gasteiger partial charge in [-0.1, -0.05) is 106 Å². The fraction of sp³-hybridized carbons (Fsp3) is 0.440. The second kappa shape index (κ2) is 16.6. The minimum absolute atomic E-state index is 0.0579. The maximum absolute atomic E-state index is 10.3. The lowest BCUT2D eigenvalue weighted by molar-refractivity contribution is 0.0150. The van der Waals surface area contributed by atoms with Gasteiger partial charge >= 0.3 is 0 Å². The van der Waals surface area contributed by atoms with Crippen LogP contribution in [0.2, 0.25) is 0 Å². The fourth-order valence-corrected chi connectivity index (χ4v) is 8.41. The Bertz CT molecular complexity index is 2020. The summed E-state index contributed by atoms with van der Waals surface area (Å²) in [5, 5.41) is 40.4. The normalized spacial score (nSPS) is 16.0. The standard InChI is InChI=1S/C25H32O2.C25H30O2/c2*1-5-25(6-2,22-10-11-23(26)19(4)17-22)21-9-8-20(18(3)16-21)12-15-24(27)13-7-14-24/h8-12,15-17,26-27H,5-7,13-14H2,1-4H3;8-11,16-17,26-27H,5-7,13-14H2,1-4H3/b15-12+;. The molecule has 2 aliphatic carbocycles. The van der Waals surface area contributed by atoms with Gasteiger partial charge in [0.15, 0.2) is 0 Å². The smallest absolute Gasteiger partial charge is 0.125 e. The largest absolute Gasteiger partial charge is 0.508 e. The molecule has 0 amide bonds. The second-order valence-electron chi connectivity index (χ2n) is 16.1. The Balaban J connectivity index is 0.000000208. The average molecular weight is 727 g/mol. The van der Waals surface area contributed by atoms with E-state index in [1.54, 1.807) is 6.07 Å². The summed E-state index contributed by atoms with van der Waals surface area (Å²) in [7, 11) is 0. The predicted molar refractivity (Wildman–Crippen MR) is 224 cm³/mol. The van der Waals surface area contributed by atoms with E-state index in [2.05, 4.69) is 114 Å². The van der Waals surface area contributed by atoms with Crippen molar-refractivity contribution in [3.8, 4) is 23.3 Å². The van der Waals surface area contributed by atoms with Crippen LogP contribution in [0.25, 0.3) is 6.08 Å². The van der Waals surface area contributed by atoms with Crippen molar-refractivity contribution >= 4 is 6.08 Å². The van der Waals surface area contributed by atoms with Crippen molar-refractivity contribution in [3.05, 3.63) is 135 Å². The van der Waals surface area contributed by atoms with Gasteiger partial charge in [-0.05, 0) is 160 Å². The molecule has 0 spiro atoms. The molecule has 6 rings (SSSR count). The topological polar surface area (TPSA) is 80.9 Å². The first-order valence-corrected chi connectivity index (χ1v) is 20.2. The lowest BCUT2D eigenvalue weighted by Crippen LogP contribution is -2.34. The van der Waals surface area contributed by atoms with Crippen LogP contribution in [0.1, 0.15) is 148 Å². The monoisotopic (exact) mass is 726 g/mol. The van der Waals surface area contributed by atoms with Crippen molar-refractivity contribution in [2.75, 3.05) is 0 Å². The first-order valence-electron chi connectivity index (χ1n) is 20.2. The molecule has 0 atom stereocenters. The number of hydrogen-bond acceptors (Lipinski definition) is 4. The Labute approximate surface area is 325 Å². The van der Waals surface area contributed by atoms with E-state index in [0.717, 1.165) is 86.5 Å². The number of rotatable bonds is 10. The molecule has 4 aromatic rings. The first-order chi connectivity index (χ1) is 25.7. The van der Waals surface area contributed by atoms with Crippen molar-refractivity contribution in [2.45, 2.75) is 142 Å². The Morgan fingerprint density at radius 2 is 1.00 bits per heavy atom. The summed E-state index contributed by atoms with van der Waals surface area (Å²) in [4.78, 5) is 0. The van der Waals surface area contributed by atoms with Crippen LogP contribution < -0.4 is 0 Å². The first kappa shape index (κ1) is 40.9. The molecule has 0 saturated heterocycles. The molecule has 0 aliphatic heterocycles. The van der Waals surface area contributed by atoms with E-state index in [9.17, 15) is 20.4 Å². The summed E-state index contributed by atoms with van der Waals surface area (Å²) in [6.45, 7) is 17.1. The van der Waals surface area contributed by atoms with Gasteiger partial charge in [0, 0.05) is 16.4 Å². The number of aliphatic hydroxyl groups is 2. The lowest BCUT2D eigenvalue weighted by atomic mass is 9.70. The molecule has 286 valence electrons. The van der Waals surface area contributed by atoms with E-state index in [1.165, 1.54) is 33.4 Å². The van der Waals surface area contributed by atoms with Crippen LogP contribution in [-0.2, 0) is 10.8 Å². The summed E-state index contributed by atoms with van der Waals surface area (Å²) < 4.78 is 0. The van der Waals surface area contributed by atoms with E-state index in [-0.39, 0.29) is 10.8 Å². The maximum Gasteiger partial charge on any atom is 0.125 e. The van der Waals surface area contributed by atoms with Gasteiger partial charge in [0.2, 0.25) is 0 Å². The summed E-state index contributed by atoms with van der Waals surface area (Å²) in [5.41, 5.74) is 9.95. The van der Waals surface area contributed by atoms with E-state index in [0.29, 0.717) is 11.5 Å². The lowest BCUT2D eigenvalue weighted by Gasteiger charge is -2.34. The Hall–Kier alpha value is -4.30. The highest BCUT2D eigenvalue weighted by Gasteiger charge is 2.34. The number of hydrogen-bond donors (Lipinski definition) is 4. The SMILES string of the molecule is CCC(CC)(c1ccc(O)c(C)c1)c1ccc(/C=C/C2(O)CCC2)c(C)c1.CCC(CC)(c1ccc(O)c(C)c1)c1ccc(C#CC2(O)CCC2)c(C)c1. The molecule has 2 saturated carbocycles. The minimum Gasteiger partial charge on any atom is -0.508 e. The molecule has 0 radical (unpaired) electrons. The van der Waals surface area contributed by atoms with E-state index in [4.69, 9.17) is 0 Å². The highest BCUT2D eigenvalue weighted by atomic mass is 16.3. The van der Waals surface area contributed by atoms with Crippen molar-refractivity contribution in [2.24, 2.45) is 0 Å². The van der Waals surface area contributed by atoms with E-state index < -0.39 is 11.2 Å².